The van der Waals surface area contributed by atoms with Crippen molar-refractivity contribution in [1.29, 1.82) is 0 Å². The molecule has 0 saturated carbocycles. The summed E-state index contributed by atoms with van der Waals surface area (Å²) in [7, 11) is 0. The Balaban J connectivity index is 2.31. The third-order valence-corrected chi connectivity index (χ3v) is 3.39. The van der Waals surface area contributed by atoms with E-state index in [0.717, 1.165) is 21.6 Å². The average Bonchev–Trinajstić information content (AvgIpc) is 2.64. The fourth-order valence-corrected chi connectivity index (χ4v) is 2.40. The molecule has 16 heavy (non-hydrogen) atoms. The number of halogens is 1. The van der Waals surface area contributed by atoms with Gasteiger partial charge in [0.2, 0.25) is 0 Å². The summed E-state index contributed by atoms with van der Waals surface area (Å²) < 4.78 is 0.821. The van der Waals surface area contributed by atoms with Gasteiger partial charge in [0.05, 0.1) is 10.2 Å². The summed E-state index contributed by atoms with van der Waals surface area (Å²) in [5.41, 5.74) is 1.43. The van der Waals surface area contributed by atoms with Crippen LogP contribution in [0, 0.1) is 0 Å². The van der Waals surface area contributed by atoms with Gasteiger partial charge in [0.1, 0.15) is 0 Å². The minimum absolute atomic E-state index is 0.0726. The number of hydrogen-bond donors (Lipinski definition) is 1. The van der Waals surface area contributed by atoms with Gasteiger partial charge in [0, 0.05) is 17.9 Å². The van der Waals surface area contributed by atoms with Crippen molar-refractivity contribution in [2.24, 2.45) is 0 Å². The summed E-state index contributed by atoms with van der Waals surface area (Å²) in [5, 5.41) is 0. The van der Waals surface area contributed by atoms with Crippen LogP contribution in [-0.4, -0.2) is 16.6 Å². The number of rotatable bonds is 4. The molecule has 0 radical (unpaired) electrons. The van der Waals surface area contributed by atoms with Crippen LogP contribution in [0.25, 0.3) is 10.2 Å². The fourth-order valence-electron chi connectivity index (χ4n) is 1.49. The van der Waals surface area contributed by atoms with Crippen molar-refractivity contribution in [2.45, 2.75) is 12.8 Å². The third-order valence-electron chi connectivity index (χ3n) is 2.28. The summed E-state index contributed by atoms with van der Waals surface area (Å²) >= 11 is 6.65. The van der Waals surface area contributed by atoms with Gasteiger partial charge in [-0.2, -0.15) is 0 Å². The number of alkyl halides is 1. The monoisotopic (exact) mass is 255 g/mol. The molecule has 0 bridgehead atoms. The molecule has 3 nitrogen and oxygen atoms in total. The Hall–Kier alpha value is -1.13. The minimum atomic E-state index is -0.0969. The van der Waals surface area contributed by atoms with E-state index in [1.807, 2.05) is 0 Å². The lowest BCUT2D eigenvalue weighted by Gasteiger charge is -1.99. The molecular weight excluding hydrogens is 246 g/mol. The molecule has 0 unspecified atom stereocenters. The zero-order valence-corrected chi connectivity index (χ0v) is 10.0. The first-order valence-electron chi connectivity index (χ1n) is 4.93. The van der Waals surface area contributed by atoms with Gasteiger partial charge in [-0.15, -0.1) is 11.6 Å². The highest BCUT2D eigenvalue weighted by molar-refractivity contribution is 7.16. The van der Waals surface area contributed by atoms with Crippen LogP contribution < -0.4 is 4.87 Å². The second kappa shape index (κ2) is 4.80. The highest BCUT2D eigenvalue weighted by atomic mass is 35.5. The number of hydrogen-bond acceptors (Lipinski definition) is 3. The van der Waals surface area contributed by atoms with Gasteiger partial charge in [-0.3, -0.25) is 9.59 Å². The molecule has 2 rings (SSSR count). The standard InChI is InChI=1S/C11H10ClNO2S/c12-5-1-2-9(14)7-3-4-8-10(6-7)16-11(15)13-8/h3-4,6H,1-2,5H2,(H,13,15). The number of nitrogens with one attached hydrogen (secondary N) is 1. The highest BCUT2D eigenvalue weighted by Crippen LogP contribution is 2.17. The Labute approximate surface area is 101 Å². The van der Waals surface area contributed by atoms with Crippen LogP contribution >= 0.6 is 22.9 Å². The summed E-state index contributed by atoms with van der Waals surface area (Å²) in [6.45, 7) is 0. The van der Waals surface area contributed by atoms with Gasteiger partial charge in [0.25, 0.3) is 0 Å². The molecule has 1 aromatic heterocycles. The number of thiazole rings is 1. The van der Waals surface area contributed by atoms with Gasteiger partial charge < -0.3 is 4.98 Å². The van der Waals surface area contributed by atoms with Crippen molar-refractivity contribution in [1.82, 2.24) is 4.98 Å². The Morgan fingerprint density at radius 1 is 1.44 bits per heavy atom. The van der Waals surface area contributed by atoms with Crippen molar-refractivity contribution in [3.8, 4) is 0 Å². The number of aromatic nitrogens is 1. The molecule has 0 aliphatic carbocycles. The van der Waals surface area contributed by atoms with Gasteiger partial charge >= 0.3 is 4.87 Å². The zero-order chi connectivity index (χ0) is 11.5. The molecule has 0 spiro atoms. The van der Waals surface area contributed by atoms with E-state index in [1.165, 1.54) is 0 Å². The lowest BCUT2D eigenvalue weighted by atomic mass is 10.1. The van der Waals surface area contributed by atoms with Crippen molar-refractivity contribution in [3.05, 3.63) is 33.4 Å². The summed E-state index contributed by atoms with van der Waals surface area (Å²) in [6, 6.07) is 5.26. The van der Waals surface area contributed by atoms with Crippen LogP contribution in [0.2, 0.25) is 0 Å². The second-order valence-electron chi connectivity index (χ2n) is 3.44. The van der Waals surface area contributed by atoms with Gasteiger partial charge in [-0.25, -0.2) is 0 Å². The molecular formula is C11H10ClNO2S. The van der Waals surface area contributed by atoms with E-state index in [-0.39, 0.29) is 10.7 Å². The Kier molecular flexibility index (Phi) is 3.41. The largest absolute Gasteiger partial charge is 0.312 e. The summed E-state index contributed by atoms with van der Waals surface area (Å²) in [5.74, 6) is 0.564. The third kappa shape index (κ3) is 2.33. The first-order valence-corrected chi connectivity index (χ1v) is 6.28. The van der Waals surface area contributed by atoms with Crippen molar-refractivity contribution < 1.29 is 4.79 Å². The average molecular weight is 256 g/mol. The molecule has 84 valence electrons. The van der Waals surface area contributed by atoms with Crippen LogP contribution in [0.3, 0.4) is 0 Å². The number of benzene rings is 1. The smallest absolute Gasteiger partial charge is 0.305 e. The maximum absolute atomic E-state index is 11.7. The molecule has 1 N–H and O–H groups in total. The van der Waals surface area contributed by atoms with E-state index in [2.05, 4.69) is 4.98 Å². The quantitative estimate of drug-likeness (QED) is 0.675. The molecule has 5 heteroatoms. The van der Waals surface area contributed by atoms with Crippen molar-refractivity contribution in [3.63, 3.8) is 0 Å². The first-order chi connectivity index (χ1) is 7.70. The lowest BCUT2D eigenvalue weighted by molar-refractivity contribution is 0.0982. The maximum Gasteiger partial charge on any atom is 0.305 e. The number of aromatic amines is 1. The summed E-state index contributed by atoms with van der Waals surface area (Å²) in [6.07, 6.45) is 1.14. The van der Waals surface area contributed by atoms with Gasteiger partial charge in [0.15, 0.2) is 5.78 Å². The van der Waals surface area contributed by atoms with E-state index in [1.54, 1.807) is 18.2 Å². The lowest BCUT2D eigenvalue weighted by Crippen LogP contribution is -1.98. The van der Waals surface area contributed by atoms with E-state index in [4.69, 9.17) is 11.6 Å². The second-order valence-corrected chi connectivity index (χ2v) is 4.83. The van der Waals surface area contributed by atoms with Crippen molar-refractivity contribution in [2.75, 3.05) is 5.88 Å². The number of ketones is 1. The summed E-state index contributed by atoms with van der Waals surface area (Å²) in [4.78, 5) is 25.4. The molecule has 0 fully saturated rings. The normalized spacial score (nSPS) is 10.8. The SMILES string of the molecule is O=C(CCCCl)c1ccc2[nH]c(=O)sc2c1. The van der Waals surface area contributed by atoms with Crippen molar-refractivity contribution >= 4 is 38.9 Å². The molecule has 1 aromatic carbocycles. The number of H-pyrrole nitrogens is 1. The van der Waals surface area contributed by atoms with Crippen LogP contribution in [0.5, 0.6) is 0 Å². The molecule has 0 aliphatic heterocycles. The molecule has 0 atom stereocenters. The number of carbonyl (C=O) groups excluding carboxylic acids is 1. The van der Waals surface area contributed by atoms with E-state index < -0.39 is 0 Å². The molecule has 0 saturated heterocycles. The zero-order valence-electron chi connectivity index (χ0n) is 8.46. The van der Waals surface area contributed by atoms with Crippen LogP contribution in [0.15, 0.2) is 23.0 Å². The molecule has 0 amide bonds. The maximum atomic E-state index is 11.7. The van der Waals surface area contributed by atoms with Crippen LogP contribution in [0.4, 0.5) is 0 Å². The van der Waals surface area contributed by atoms with Gasteiger partial charge in [-0.05, 0) is 24.6 Å². The number of fused-ring (bicyclic) bond motifs is 1. The minimum Gasteiger partial charge on any atom is -0.312 e. The Morgan fingerprint density at radius 2 is 2.25 bits per heavy atom. The Morgan fingerprint density at radius 3 is 3.00 bits per heavy atom. The predicted molar refractivity (Wildman–Crippen MR) is 66.7 cm³/mol. The molecule has 2 aromatic rings. The fraction of sp³-hybridized carbons (Fsp3) is 0.273. The van der Waals surface area contributed by atoms with E-state index >= 15 is 0 Å². The van der Waals surface area contributed by atoms with E-state index in [0.29, 0.717) is 24.3 Å². The predicted octanol–water partition coefficient (Wildman–Crippen LogP) is 2.79. The topological polar surface area (TPSA) is 49.9 Å². The van der Waals surface area contributed by atoms with E-state index in [9.17, 15) is 9.59 Å². The number of carbonyl (C=O) groups is 1. The van der Waals surface area contributed by atoms with Crippen LogP contribution in [0.1, 0.15) is 23.2 Å². The molecule has 0 aliphatic rings. The molecule has 1 heterocycles. The first kappa shape index (κ1) is 11.4. The number of Topliss-reactive ketones (excluding diaryl/α,β-unsaturated/α-hetero) is 1. The Bertz CT molecular complexity index is 573. The van der Waals surface area contributed by atoms with Crippen LogP contribution in [-0.2, 0) is 0 Å². The highest BCUT2D eigenvalue weighted by Gasteiger charge is 2.07. The van der Waals surface area contributed by atoms with Gasteiger partial charge in [-0.1, -0.05) is 11.3 Å².